The zero-order valence-electron chi connectivity index (χ0n) is 6.76. The van der Waals surface area contributed by atoms with Crippen LogP contribution in [0.25, 0.3) is 0 Å². The minimum atomic E-state index is 0.144. The molecule has 1 saturated carbocycles. The predicted molar refractivity (Wildman–Crippen MR) is 44.1 cm³/mol. The first kappa shape index (κ1) is 6.84. The number of carbonyl (C=O) groups excluding carboxylic acids is 1. The summed E-state index contributed by atoms with van der Waals surface area (Å²) in [4.78, 5) is 11.3. The normalized spacial score (nSPS) is 41.7. The lowest BCUT2D eigenvalue weighted by atomic mass is 9.82. The summed E-state index contributed by atoms with van der Waals surface area (Å²) in [6.45, 7) is 6.13. The minimum Gasteiger partial charge on any atom is -0.294 e. The summed E-state index contributed by atoms with van der Waals surface area (Å²) in [5.74, 6) is 0.398. The maximum absolute atomic E-state index is 11.3. The monoisotopic (exact) mass is 148 g/mol. The lowest BCUT2D eigenvalue weighted by molar-refractivity contribution is -0.117. The van der Waals surface area contributed by atoms with Crippen LogP contribution in [0.4, 0.5) is 0 Å². The fourth-order valence-electron chi connectivity index (χ4n) is 2.15. The van der Waals surface area contributed by atoms with Gasteiger partial charge in [0.15, 0.2) is 5.78 Å². The fraction of sp³-hybridized carbons (Fsp3) is 0.500. The van der Waals surface area contributed by atoms with Crippen molar-refractivity contribution in [3.05, 3.63) is 24.3 Å². The van der Waals surface area contributed by atoms with E-state index >= 15 is 0 Å². The van der Waals surface area contributed by atoms with E-state index in [1.54, 1.807) is 6.08 Å². The summed E-state index contributed by atoms with van der Waals surface area (Å²) in [6.07, 6.45) is 5.76. The van der Waals surface area contributed by atoms with E-state index in [0.717, 1.165) is 18.4 Å². The molecule has 0 saturated heterocycles. The van der Waals surface area contributed by atoms with Gasteiger partial charge in [0.2, 0.25) is 0 Å². The van der Waals surface area contributed by atoms with Gasteiger partial charge in [0.25, 0.3) is 0 Å². The van der Waals surface area contributed by atoms with Crippen LogP contribution in [0.5, 0.6) is 0 Å². The third-order valence-electron chi connectivity index (χ3n) is 2.79. The number of ketones is 1. The van der Waals surface area contributed by atoms with E-state index in [-0.39, 0.29) is 17.1 Å². The molecule has 0 aliphatic heterocycles. The van der Waals surface area contributed by atoms with E-state index in [0.29, 0.717) is 0 Å². The maximum atomic E-state index is 11.3. The molecule has 1 fully saturated rings. The molecule has 58 valence electrons. The summed E-state index contributed by atoms with van der Waals surface area (Å²) < 4.78 is 0. The van der Waals surface area contributed by atoms with Gasteiger partial charge in [-0.2, -0.15) is 0 Å². The Hall–Kier alpha value is -0.850. The van der Waals surface area contributed by atoms with Crippen LogP contribution in [0.3, 0.4) is 0 Å². The zero-order chi connectivity index (χ0) is 8.06. The Morgan fingerprint density at radius 2 is 2.45 bits per heavy atom. The fourth-order valence-corrected chi connectivity index (χ4v) is 2.15. The van der Waals surface area contributed by atoms with Crippen molar-refractivity contribution in [3.8, 4) is 0 Å². The Balaban J connectivity index is 2.43. The summed E-state index contributed by atoms with van der Waals surface area (Å²) in [5, 5.41) is 0. The number of fused-ring (bicyclic) bond motifs is 2. The van der Waals surface area contributed by atoms with Crippen LogP contribution in [0, 0.1) is 11.3 Å². The highest BCUT2D eigenvalue weighted by molar-refractivity contribution is 5.95. The van der Waals surface area contributed by atoms with E-state index in [1.807, 2.05) is 6.08 Å². The molecule has 1 heteroatoms. The Labute approximate surface area is 66.8 Å². The van der Waals surface area contributed by atoms with Gasteiger partial charge in [0.1, 0.15) is 0 Å². The molecule has 0 N–H and O–H groups in total. The smallest absolute Gasteiger partial charge is 0.162 e. The van der Waals surface area contributed by atoms with Crippen molar-refractivity contribution in [2.45, 2.75) is 19.8 Å². The molecule has 1 nitrogen and oxygen atoms in total. The predicted octanol–water partition coefficient (Wildman–Crippen LogP) is 2.10. The van der Waals surface area contributed by atoms with Crippen LogP contribution in [0.15, 0.2) is 24.3 Å². The number of rotatable bonds is 0. The molecule has 0 aromatic heterocycles. The molecule has 0 radical (unpaired) electrons. The number of allylic oxidation sites excluding steroid dienone is 3. The maximum Gasteiger partial charge on any atom is 0.162 e. The average molecular weight is 148 g/mol. The van der Waals surface area contributed by atoms with E-state index in [2.05, 4.69) is 13.5 Å². The minimum absolute atomic E-state index is 0.144. The molecule has 2 atom stereocenters. The first-order valence-electron chi connectivity index (χ1n) is 4.01. The highest BCUT2D eigenvalue weighted by Crippen LogP contribution is 2.48. The van der Waals surface area contributed by atoms with Crippen LogP contribution in [0.1, 0.15) is 19.8 Å². The second-order valence-electron chi connectivity index (χ2n) is 3.98. The summed E-state index contributed by atoms with van der Waals surface area (Å²) in [6, 6.07) is 0. The molecule has 2 aliphatic carbocycles. The Morgan fingerprint density at radius 3 is 3.09 bits per heavy atom. The van der Waals surface area contributed by atoms with Crippen LogP contribution in [-0.4, -0.2) is 5.78 Å². The van der Waals surface area contributed by atoms with Gasteiger partial charge >= 0.3 is 0 Å². The third-order valence-corrected chi connectivity index (χ3v) is 2.79. The van der Waals surface area contributed by atoms with Crippen molar-refractivity contribution in [2.75, 3.05) is 0 Å². The molecule has 2 aliphatic rings. The van der Waals surface area contributed by atoms with E-state index in [9.17, 15) is 4.79 Å². The van der Waals surface area contributed by atoms with Crippen molar-refractivity contribution in [2.24, 2.45) is 11.3 Å². The molecular formula is C10H12O. The quantitative estimate of drug-likeness (QED) is 0.481. The topological polar surface area (TPSA) is 17.1 Å². The van der Waals surface area contributed by atoms with Gasteiger partial charge in [-0.1, -0.05) is 25.2 Å². The number of carbonyl (C=O) groups is 1. The summed E-state index contributed by atoms with van der Waals surface area (Å²) in [7, 11) is 0. The van der Waals surface area contributed by atoms with Gasteiger partial charge < -0.3 is 0 Å². The average Bonchev–Trinajstić information content (AvgIpc) is 2.18. The molecule has 2 rings (SSSR count). The first-order chi connectivity index (χ1) is 5.11. The van der Waals surface area contributed by atoms with Gasteiger partial charge in [0, 0.05) is 5.92 Å². The van der Waals surface area contributed by atoms with Crippen LogP contribution >= 0.6 is 0 Å². The van der Waals surface area contributed by atoms with Crippen molar-refractivity contribution < 1.29 is 4.79 Å². The lowest BCUT2D eigenvalue weighted by Crippen LogP contribution is -2.18. The standard InChI is InChI=1S/C10H12O/c1-7-5-10(2)4-3-9(11)8(7)6-10/h3-4,8H,1,5-6H2,2H3. The largest absolute Gasteiger partial charge is 0.294 e. The van der Waals surface area contributed by atoms with Gasteiger partial charge in [-0.3, -0.25) is 4.79 Å². The van der Waals surface area contributed by atoms with Crippen molar-refractivity contribution in [1.82, 2.24) is 0 Å². The molecule has 11 heavy (non-hydrogen) atoms. The van der Waals surface area contributed by atoms with E-state index in [4.69, 9.17) is 0 Å². The van der Waals surface area contributed by atoms with Crippen LogP contribution in [-0.2, 0) is 4.79 Å². The highest BCUT2D eigenvalue weighted by Gasteiger charge is 2.41. The van der Waals surface area contributed by atoms with E-state index < -0.39 is 0 Å². The Morgan fingerprint density at radius 1 is 1.73 bits per heavy atom. The highest BCUT2D eigenvalue weighted by atomic mass is 16.1. The lowest BCUT2D eigenvalue weighted by Gasteiger charge is -2.21. The Bertz CT molecular complexity index is 262. The molecule has 2 unspecified atom stereocenters. The molecular weight excluding hydrogens is 136 g/mol. The van der Waals surface area contributed by atoms with E-state index in [1.165, 1.54) is 0 Å². The van der Waals surface area contributed by atoms with Crippen molar-refractivity contribution >= 4 is 5.78 Å². The molecule has 0 spiro atoms. The molecule has 0 amide bonds. The third kappa shape index (κ3) is 0.873. The summed E-state index contributed by atoms with van der Waals surface area (Å²) >= 11 is 0. The van der Waals surface area contributed by atoms with Gasteiger partial charge in [0.05, 0.1) is 0 Å². The second-order valence-corrected chi connectivity index (χ2v) is 3.98. The van der Waals surface area contributed by atoms with Gasteiger partial charge in [-0.25, -0.2) is 0 Å². The van der Waals surface area contributed by atoms with Crippen molar-refractivity contribution in [3.63, 3.8) is 0 Å². The molecule has 0 aromatic rings. The molecule has 0 aromatic carbocycles. The summed E-state index contributed by atoms with van der Waals surface area (Å²) in [5.41, 5.74) is 1.37. The second kappa shape index (κ2) is 1.84. The van der Waals surface area contributed by atoms with Crippen LogP contribution < -0.4 is 0 Å². The van der Waals surface area contributed by atoms with Gasteiger partial charge in [-0.15, -0.1) is 0 Å². The molecule has 2 bridgehead atoms. The first-order valence-corrected chi connectivity index (χ1v) is 4.01. The number of hydrogen-bond acceptors (Lipinski definition) is 1. The molecule has 0 heterocycles. The van der Waals surface area contributed by atoms with Gasteiger partial charge in [-0.05, 0) is 24.3 Å². The Kier molecular flexibility index (Phi) is 1.15. The van der Waals surface area contributed by atoms with Crippen molar-refractivity contribution in [1.29, 1.82) is 0 Å². The zero-order valence-corrected chi connectivity index (χ0v) is 6.76. The SMILES string of the molecule is C=C1CC2(C)C=CC(=O)C1C2. The van der Waals surface area contributed by atoms with Crippen LogP contribution in [0.2, 0.25) is 0 Å². The number of hydrogen-bond donors (Lipinski definition) is 0.